The number of H-pyrrole nitrogens is 1. The largest absolute Gasteiger partial charge is 0.367 e. The molecule has 0 bridgehead atoms. The molecule has 28 heavy (non-hydrogen) atoms. The van der Waals surface area contributed by atoms with Crippen LogP contribution in [0.25, 0.3) is 33.1 Å². The van der Waals surface area contributed by atoms with Crippen molar-refractivity contribution in [3.8, 4) is 11.1 Å². The predicted molar refractivity (Wildman–Crippen MR) is 114 cm³/mol. The van der Waals surface area contributed by atoms with Crippen LogP contribution in [0.4, 0.5) is 5.82 Å². The number of fused-ring (bicyclic) bond motifs is 2. The van der Waals surface area contributed by atoms with E-state index in [0.29, 0.717) is 11.2 Å². The molecule has 0 radical (unpaired) electrons. The highest BCUT2D eigenvalue weighted by Gasteiger charge is 2.18. The monoisotopic (exact) mass is 392 g/mol. The van der Waals surface area contributed by atoms with Gasteiger partial charge in [0.1, 0.15) is 22.9 Å². The highest BCUT2D eigenvalue weighted by Crippen LogP contribution is 2.32. The predicted octanol–water partition coefficient (Wildman–Crippen LogP) is 4.33. The van der Waals surface area contributed by atoms with E-state index in [2.05, 4.69) is 49.3 Å². The zero-order valence-corrected chi connectivity index (χ0v) is 16.4. The summed E-state index contributed by atoms with van der Waals surface area (Å²) in [7, 11) is 2.17. The second-order valence-corrected chi connectivity index (χ2v) is 7.80. The number of nitrogens with zero attached hydrogens (tertiary/aromatic N) is 4. The lowest BCUT2D eigenvalue weighted by molar-refractivity contribution is 0.264. The van der Waals surface area contributed by atoms with Crippen molar-refractivity contribution < 1.29 is 0 Å². The summed E-state index contributed by atoms with van der Waals surface area (Å²) in [5, 5.41) is 6.21. The smallest absolute Gasteiger partial charge is 0.139 e. The Morgan fingerprint density at radius 3 is 2.82 bits per heavy atom. The molecule has 0 saturated carbocycles. The van der Waals surface area contributed by atoms with Crippen LogP contribution >= 0.6 is 11.6 Å². The summed E-state index contributed by atoms with van der Waals surface area (Å²) in [6.07, 6.45) is 5.85. The summed E-state index contributed by atoms with van der Waals surface area (Å²) < 4.78 is 0. The average Bonchev–Trinajstić information content (AvgIpc) is 3.12. The molecule has 1 fully saturated rings. The molecule has 2 N–H and O–H groups in total. The minimum atomic E-state index is 0.442. The van der Waals surface area contributed by atoms with Crippen molar-refractivity contribution >= 4 is 39.4 Å². The van der Waals surface area contributed by atoms with Gasteiger partial charge in [-0.15, -0.1) is 0 Å². The van der Waals surface area contributed by atoms with E-state index in [-0.39, 0.29) is 0 Å². The van der Waals surface area contributed by atoms with Crippen LogP contribution in [0.5, 0.6) is 0 Å². The number of pyridine rings is 1. The van der Waals surface area contributed by atoms with Gasteiger partial charge >= 0.3 is 0 Å². The van der Waals surface area contributed by atoms with E-state index in [0.717, 1.165) is 64.8 Å². The van der Waals surface area contributed by atoms with E-state index in [1.807, 2.05) is 24.4 Å². The van der Waals surface area contributed by atoms with E-state index in [4.69, 9.17) is 11.6 Å². The molecule has 1 aromatic carbocycles. The van der Waals surface area contributed by atoms with Gasteiger partial charge in [-0.25, -0.2) is 15.0 Å². The van der Waals surface area contributed by atoms with Crippen LogP contribution in [-0.4, -0.2) is 51.0 Å². The van der Waals surface area contributed by atoms with Crippen LogP contribution in [-0.2, 0) is 0 Å². The molecule has 3 aromatic heterocycles. The number of aromatic nitrogens is 4. The quantitative estimate of drug-likeness (QED) is 0.508. The van der Waals surface area contributed by atoms with Gasteiger partial charge in [-0.1, -0.05) is 17.7 Å². The molecule has 0 aliphatic carbocycles. The Labute approximate surface area is 168 Å². The third-order valence-electron chi connectivity index (χ3n) is 5.51. The lowest BCUT2D eigenvalue weighted by atomic mass is 10.0. The Morgan fingerprint density at radius 1 is 1.11 bits per heavy atom. The first-order chi connectivity index (χ1) is 13.7. The standard InChI is InChI=1S/C21H21ClN6/c1-28-8-6-14(7-9-28)26-21-16-10-13(2-4-18(16)24-12-25-21)17-11-23-20-15(17)3-5-19(22)27-20/h2-5,10-12,14H,6-9H2,1H3,(H,23,27)(H,24,25,26). The molecule has 4 heterocycles. The van der Waals surface area contributed by atoms with Crippen LogP contribution in [0.3, 0.4) is 0 Å². The maximum atomic E-state index is 6.02. The molecule has 0 unspecified atom stereocenters. The van der Waals surface area contributed by atoms with Crippen molar-refractivity contribution in [3.05, 3.63) is 48.0 Å². The summed E-state index contributed by atoms with van der Waals surface area (Å²) in [6, 6.07) is 10.6. The average molecular weight is 393 g/mol. The van der Waals surface area contributed by atoms with Crippen molar-refractivity contribution in [2.75, 3.05) is 25.5 Å². The zero-order chi connectivity index (χ0) is 19.1. The summed E-state index contributed by atoms with van der Waals surface area (Å²) in [5.74, 6) is 0.905. The molecule has 142 valence electrons. The van der Waals surface area contributed by atoms with E-state index >= 15 is 0 Å². The molecule has 1 saturated heterocycles. The third-order valence-corrected chi connectivity index (χ3v) is 5.72. The normalized spacial score (nSPS) is 16.1. The number of benzene rings is 1. The number of rotatable bonds is 3. The van der Waals surface area contributed by atoms with Gasteiger partial charge in [0.2, 0.25) is 0 Å². The summed E-state index contributed by atoms with van der Waals surface area (Å²) in [6.45, 7) is 2.22. The van der Waals surface area contributed by atoms with Gasteiger partial charge in [-0.2, -0.15) is 0 Å². The first-order valence-electron chi connectivity index (χ1n) is 9.51. The van der Waals surface area contributed by atoms with Crippen molar-refractivity contribution in [1.82, 2.24) is 24.8 Å². The second kappa shape index (κ2) is 7.04. The number of anilines is 1. The number of piperidine rings is 1. The molecule has 7 heteroatoms. The van der Waals surface area contributed by atoms with Gasteiger partial charge < -0.3 is 15.2 Å². The number of aromatic amines is 1. The Bertz CT molecular complexity index is 1150. The SMILES string of the molecule is CN1CCC(Nc2ncnc3ccc(-c4c[nH]c5nc(Cl)ccc45)cc23)CC1. The van der Waals surface area contributed by atoms with Crippen molar-refractivity contribution in [2.45, 2.75) is 18.9 Å². The molecule has 0 amide bonds. The van der Waals surface area contributed by atoms with Gasteiger partial charge in [0.05, 0.1) is 5.52 Å². The number of nitrogens with one attached hydrogen (secondary N) is 2. The Morgan fingerprint density at radius 2 is 1.96 bits per heavy atom. The molecule has 0 atom stereocenters. The van der Waals surface area contributed by atoms with Crippen molar-refractivity contribution in [2.24, 2.45) is 0 Å². The molecule has 5 rings (SSSR count). The molecular weight excluding hydrogens is 372 g/mol. The van der Waals surface area contributed by atoms with Crippen molar-refractivity contribution in [1.29, 1.82) is 0 Å². The van der Waals surface area contributed by atoms with E-state index in [9.17, 15) is 0 Å². The first kappa shape index (κ1) is 17.4. The van der Waals surface area contributed by atoms with Gasteiger partial charge in [-0.05, 0) is 62.8 Å². The van der Waals surface area contributed by atoms with Gasteiger partial charge in [-0.3, -0.25) is 0 Å². The Hall–Kier alpha value is -2.70. The fourth-order valence-electron chi connectivity index (χ4n) is 3.91. The van der Waals surface area contributed by atoms with Crippen molar-refractivity contribution in [3.63, 3.8) is 0 Å². The minimum Gasteiger partial charge on any atom is -0.367 e. The van der Waals surface area contributed by atoms with E-state index in [1.54, 1.807) is 6.33 Å². The molecular formula is C21H21ClN6. The lowest BCUT2D eigenvalue weighted by Gasteiger charge is -2.30. The fraction of sp³-hybridized carbons (Fsp3) is 0.286. The third kappa shape index (κ3) is 3.19. The Balaban J connectivity index is 1.54. The van der Waals surface area contributed by atoms with Crippen LogP contribution in [0.15, 0.2) is 42.9 Å². The highest BCUT2D eigenvalue weighted by atomic mass is 35.5. The molecule has 0 spiro atoms. The molecule has 4 aromatic rings. The topological polar surface area (TPSA) is 69.7 Å². The van der Waals surface area contributed by atoms with E-state index < -0.39 is 0 Å². The number of halogens is 1. The fourth-order valence-corrected chi connectivity index (χ4v) is 4.05. The highest BCUT2D eigenvalue weighted by molar-refractivity contribution is 6.29. The first-order valence-corrected chi connectivity index (χ1v) is 9.89. The maximum absolute atomic E-state index is 6.02. The Kier molecular flexibility index (Phi) is 4.37. The zero-order valence-electron chi connectivity index (χ0n) is 15.6. The molecule has 1 aliphatic heterocycles. The van der Waals surface area contributed by atoms with Gasteiger partial charge in [0.15, 0.2) is 0 Å². The van der Waals surface area contributed by atoms with Crippen LogP contribution < -0.4 is 5.32 Å². The molecule has 6 nitrogen and oxygen atoms in total. The maximum Gasteiger partial charge on any atom is 0.139 e. The van der Waals surface area contributed by atoms with Gasteiger partial charge in [0, 0.05) is 28.6 Å². The summed E-state index contributed by atoms with van der Waals surface area (Å²) >= 11 is 6.02. The molecule has 1 aliphatic rings. The van der Waals surface area contributed by atoms with Crippen LogP contribution in [0, 0.1) is 0 Å². The second-order valence-electron chi connectivity index (χ2n) is 7.41. The van der Waals surface area contributed by atoms with Gasteiger partial charge in [0.25, 0.3) is 0 Å². The summed E-state index contributed by atoms with van der Waals surface area (Å²) in [5.41, 5.74) is 3.92. The van der Waals surface area contributed by atoms with E-state index in [1.165, 1.54) is 0 Å². The number of hydrogen-bond donors (Lipinski definition) is 2. The summed E-state index contributed by atoms with van der Waals surface area (Å²) in [4.78, 5) is 18.9. The number of hydrogen-bond acceptors (Lipinski definition) is 5. The minimum absolute atomic E-state index is 0.442. The number of likely N-dealkylation sites (tertiary alicyclic amines) is 1. The van der Waals surface area contributed by atoms with Crippen LogP contribution in [0.1, 0.15) is 12.8 Å². The lowest BCUT2D eigenvalue weighted by Crippen LogP contribution is -2.36. The van der Waals surface area contributed by atoms with Crippen LogP contribution in [0.2, 0.25) is 5.15 Å².